The van der Waals surface area contributed by atoms with Gasteiger partial charge in [-0.1, -0.05) is 12.1 Å². The van der Waals surface area contributed by atoms with Gasteiger partial charge in [-0.2, -0.15) is 13.2 Å². The number of halogens is 3. The lowest BCUT2D eigenvalue weighted by Crippen LogP contribution is -2.34. The fourth-order valence-corrected chi connectivity index (χ4v) is 1.26. The van der Waals surface area contributed by atoms with Gasteiger partial charge in [-0.3, -0.25) is 0 Å². The van der Waals surface area contributed by atoms with E-state index in [1.807, 2.05) is 0 Å². The van der Waals surface area contributed by atoms with Crippen molar-refractivity contribution in [2.45, 2.75) is 19.6 Å². The number of alkyl halides is 3. The molecule has 0 aliphatic carbocycles. The van der Waals surface area contributed by atoms with Crippen LogP contribution in [-0.2, 0) is 12.7 Å². The second kappa shape index (κ2) is 5.56. The Hall–Kier alpha value is -1.72. The van der Waals surface area contributed by atoms with Gasteiger partial charge in [0.25, 0.3) is 0 Å². The lowest BCUT2D eigenvalue weighted by Gasteiger charge is -2.09. The quantitative estimate of drug-likeness (QED) is 0.845. The maximum Gasteiger partial charge on any atom is 0.416 e. The number of carbonyl (C=O) groups excluding carboxylic acids is 1. The summed E-state index contributed by atoms with van der Waals surface area (Å²) >= 11 is 0. The highest BCUT2D eigenvalue weighted by molar-refractivity contribution is 5.73. The molecule has 0 aliphatic heterocycles. The van der Waals surface area contributed by atoms with E-state index >= 15 is 0 Å². The summed E-state index contributed by atoms with van der Waals surface area (Å²) in [5, 5.41) is 4.95. The number of benzene rings is 1. The van der Waals surface area contributed by atoms with Crippen LogP contribution in [0.2, 0.25) is 0 Å². The fraction of sp³-hybridized carbons (Fsp3) is 0.364. The highest BCUT2D eigenvalue weighted by Gasteiger charge is 2.30. The first kappa shape index (κ1) is 13.3. The monoisotopic (exact) mass is 246 g/mol. The van der Waals surface area contributed by atoms with E-state index in [4.69, 9.17) is 0 Å². The zero-order chi connectivity index (χ0) is 12.9. The molecule has 0 heterocycles. The van der Waals surface area contributed by atoms with Gasteiger partial charge >= 0.3 is 12.2 Å². The standard InChI is InChI=1S/C11H13F3N2O/c1-2-15-10(17)16-7-8-4-3-5-9(6-8)11(12,13)14/h3-6H,2,7H2,1H3,(H2,15,16,17). The van der Waals surface area contributed by atoms with Gasteiger partial charge in [-0.25, -0.2) is 4.79 Å². The van der Waals surface area contributed by atoms with Gasteiger partial charge in [0.05, 0.1) is 5.56 Å². The smallest absolute Gasteiger partial charge is 0.338 e. The van der Waals surface area contributed by atoms with Crippen molar-refractivity contribution in [1.29, 1.82) is 0 Å². The zero-order valence-electron chi connectivity index (χ0n) is 9.27. The maximum atomic E-state index is 12.4. The molecule has 2 N–H and O–H groups in total. The van der Waals surface area contributed by atoms with Crippen LogP contribution in [0, 0.1) is 0 Å². The van der Waals surface area contributed by atoms with Gasteiger partial charge in [0.15, 0.2) is 0 Å². The van der Waals surface area contributed by atoms with Crippen molar-refractivity contribution in [2.24, 2.45) is 0 Å². The molecule has 0 aromatic heterocycles. The van der Waals surface area contributed by atoms with Crippen LogP contribution in [0.4, 0.5) is 18.0 Å². The molecule has 0 unspecified atom stereocenters. The Balaban J connectivity index is 2.64. The Morgan fingerprint density at radius 2 is 2.00 bits per heavy atom. The summed E-state index contributed by atoms with van der Waals surface area (Å²) < 4.78 is 37.2. The summed E-state index contributed by atoms with van der Waals surface area (Å²) in [5.74, 6) is 0. The summed E-state index contributed by atoms with van der Waals surface area (Å²) in [7, 11) is 0. The lowest BCUT2D eigenvalue weighted by atomic mass is 10.1. The van der Waals surface area contributed by atoms with Crippen LogP contribution in [0.3, 0.4) is 0 Å². The molecule has 0 bridgehead atoms. The van der Waals surface area contributed by atoms with Crippen LogP contribution in [-0.4, -0.2) is 12.6 Å². The van der Waals surface area contributed by atoms with Gasteiger partial charge in [-0.15, -0.1) is 0 Å². The first-order valence-electron chi connectivity index (χ1n) is 5.11. The average molecular weight is 246 g/mol. The first-order valence-corrected chi connectivity index (χ1v) is 5.11. The summed E-state index contributed by atoms with van der Waals surface area (Å²) in [6.07, 6.45) is -4.36. The SMILES string of the molecule is CCNC(=O)NCc1cccc(C(F)(F)F)c1. The normalized spacial score (nSPS) is 11.1. The van der Waals surface area contributed by atoms with Crippen molar-refractivity contribution in [3.05, 3.63) is 35.4 Å². The van der Waals surface area contributed by atoms with E-state index < -0.39 is 17.8 Å². The molecule has 0 atom stereocenters. The highest BCUT2D eigenvalue weighted by atomic mass is 19.4. The molecule has 0 aliphatic rings. The molecule has 0 spiro atoms. The second-order valence-electron chi connectivity index (χ2n) is 3.41. The van der Waals surface area contributed by atoms with Crippen LogP contribution in [0.15, 0.2) is 24.3 Å². The van der Waals surface area contributed by atoms with E-state index in [1.165, 1.54) is 12.1 Å². The third-order valence-corrected chi connectivity index (χ3v) is 2.04. The van der Waals surface area contributed by atoms with Crippen LogP contribution >= 0.6 is 0 Å². The molecule has 0 radical (unpaired) electrons. The molecule has 0 saturated carbocycles. The Morgan fingerprint density at radius 1 is 1.29 bits per heavy atom. The van der Waals surface area contributed by atoms with E-state index in [0.717, 1.165) is 12.1 Å². The number of hydrogen-bond acceptors (Lipinski definition) is 1. The van der Waals surface area contributed by atoms with Gasteiger partial charge in [0, 0.05) is 13.1 Å². The zero-order valence-corrected chi connectivity index (χ0v) is 9.27. The number of nitrogens with one attached hydrogen (secondary N) is 2. The van der Waals surface area contributed by atoms with Crippen LogP contribution in [0.5, 0.6) is 0 Å². The van der Waals surface area contributed by atoms with E-state index in [2.05, 4.69) is 10.6 Å². The molecule has 1 aromatic rings. The maximum absolute atomic E-state index is 12.4. The minimum Gasteiger partial charge on any atom is -0.338 e. The molecule has 17 heavy (non-hydrogen) atoms. The molecule has 3 nitrogen and oxygen atoms in total. The second-order valence-corrected chi connectivity index (χ2v) is 3.41. The predicted octanol–water partition coefficient (Wildman–Crippen LogP) is 2.52. The lowest BCUT2D eigenvalue weighted by molar-refractivity contribution is -0.137. The number of hydrogen-bond donors (Lipinski definition) is 2. The van der Waals surface area contributed by atoms with Gasteiger partial charge in [0.1, 0.15) is 0 Å². The fourth-order valence-electron chi connectivity index (χ4n) is 1.26. The minimum absolute atomic E-state index is 0.0652. The molecular formula is C11H13F3N2O. The summed E-state index contributed by atoms with van der Waals surface area (Å²) in [5.41, 5.74) is -0.307. The van der Waals surface area contributed by atoms with Crippen molar-refractivity contribution in [2.75, 3.05) is 6.54 Å². The van der Waals surface area contributed by atoms with Crippen molar-refractivity contribution >= 4 is 6.03 Å². The molecule has 0 saturated heterocycles. The minimum atomic E-state index is -4.36. The predicted molar refractivity (Wildman–Crippen MR) is 57.4 cm³/mol. The molecule has 94 valence electrons. The number of urea groups is 1. The third-order valence-electron chi connectivity index (χ3n) is 2.04. The first-order chi connectivity index (χ1) is 7.93. The van der Waals surface area contributed by atoms with Gasteiger partial charge in [-0.05, 0) is 24.6 Å². The molecule has 6 heteroatoms. The Bertz CT molecular complexity index is 391. The largest absolute Gasteiger partial charge is 0.416 e. The van der Waals surface area contributed by atoms with Crippen molar-refractivity contribution in [1.82, 2.24) is 10.6 Å². The highest BCUT2D eigenvalue weighted by Crippen LogP contribution is 2.29. The summed E-state index contributed by atoms with van der Waals surface area (Å²) in [6, 6.07) is 4.46. The Labute approximate surface area is 97.0 Å². The van der Waals surface area contributed by atoms with Gasteiger partial charge < -0.3 is 10.6 Å². The molecule has 2 amide bonds. The summed E-state index contributed by atoms with van der Waals surface area (Å²) in [4.78, 5) is 11.1. The number of amides is 2. The number of carbonyl (C=O) groups is 1. The summed E-state index contributed by atoms with van der Waals surface area (Å²) in [6.45, 7) is 2.29. The van der Waals surface area contributed by atoms with Gasteiger partial charge in [0.2, 0.25) is 0 Å². The Kier molecular flexibility index (Phi) is 4.37. The average Bonchev–Trinajstić information content (AvgIpc) is 2.26. The third kappa shape index (κ3) is 4.34. The van der Waals surface area contributed by atoms with Crippen molar-refractivity contribution in [3.63, 3.8) is 0 Å². The van der Waals surface area contributed by atoms with E-state index in [1.54, 1.807) is 6.92 Å². The Morgan fingerprint density at radius 3 is 2.59 bits per heavy atom. The van der Waals surface area contributed by atoms with Crippen LogP contribution < -0.4 is 10.6 Å². The molecule has 1 aromatic carbocycles. The van der Waals surface area contributed by atoms with E-state index in [0.29, 0.717) is 12.1 Å². The topological polar surface area (TPSA) is 41.1 Å². The molecular weight excluding hydrogens is 233 g/mol. The van der Waals surface area contributed by atoms with Crippen molar-refractivity contribution in [3.8, 4) is 0 Å². The van der Waals surface area contributed by atoms with Crippen LogP contribution in [0.25, 0.3) is 0 Å². The molecule has 0 fully saturated rings. The molecule has 1 rings (SSSR count). The van der Waals surface area contributed by atoms with Crippen LogP contribution in [0.1, 0.15) is 18.1 Å². The van der Waals surface area contributed by atoms with Crippen molar-refractivity contribution < 1.29 is 18.0 Å². The van der Waals surface area contributed by atoms with E-state index in [-0.39, 0.29) is 6.54 Å². The number of rotatable bonds is 3. The van der Waals surface area contributed by atoms with E-state index in [9.17, 15) is 18.0 Å².